The normalized spacial score (nSPS) is 10.6. The van der Waals surface area contributed by atoms with Gasteiger partial charge in [0.1, 0.15) is 12.0 Å². The standard InChI is InChI=1S/C9H11N3O2/c1-7-2-9(12-14-7)5-10-3-8-4-11-13-6-8/h2,4,6,10H,3,5H2,1H3. The molecule has 0 amide bonds. The van der Waals surface area contributed by atoms with Gasteiger partial charge >= 0.3 is 0 Å². The molecule has 5 nitrogen and oxygen atoms in total. The summed E-state index contributed by atoms with van der Waals surface area (Å²) in [5.41, 5.74) is 1.92. The zero-order valence-electron chi connectivity index (χ0n) is 7.86. The molecular formula is C9H11N3O2. The van der Waals surface area contributed by atoms with E-state index in [9.17, 15) is 0 Å². The highest BCUT2D eigenvalue weighted by Crippen LogP contribution is 2.01. The quantitative estimate of drug-likeness (QED) is 0.791. The van der Waals surface area contributed by atoms with Gasteiger partial charge in [-0.3, -0.25) is 0 Å². The van der Waals surface area contributed by atoms with Gasteiger partial charge in [0.2, 0.25) is 0 Å². The van der Waals surface area contributed by atoms with Gasteiger partial charge in [0.25, 0.3) is 0 Å². The SMILES string of the molecule is Cc1cc(CNCc2cnoc2)no1. The van der Waals surface area contributed by atoms with E-state index in [-0.39, 0.29) is 0 Å². The Morgan fingerprint density at radius 3 is 3.00 bits per heavy atom. The second-order valence-corrected chi connectivity index (χ2v) is 3.07. The van der Waals surface area contributed by atoms with E-state index in [1.807, 2.05) is 13.0 Å². The van der Waals surface area contributed by atoms with E-state index in [0.717, 1.165) is 23.6 Å². The fourth-order valence-electron chi connectivity index (χ4n) is 1.15. The Morgan fingerprint density at radius 2 is 2.36 bits per heavy atom. The number of aryl methyl sites for hydroxylation is 1. The third-order valence-corrected chi connectivity index (χ3v) is 1.80. The monoisotopic (exact) mass is 193 g/mol. The van der Waals surface area contributed by atoms with Crippen molar-refractivity contribution < 1.29 is 9.05 Å². The summed E-state index contributed by atoms with van der Waals surface area (Å²) in [5, 5.41) is 10.7. The molecule has 2 rings (SSSR count). The van der Waals surface area contributed by atoms with Crippen LogP contribution in [0.4, 0.5) is 0 Å². The average Bonchev–Trinajstić information content (AvgIpc) is 2.77. The van der Waals surface area contributed by atoms with Crippen LogP contribution < -0.4 is 5.32 Å². The van der Waals surface area contributed by atoms with Gasteiger partial charge in [0.05, 0.1) is 11.9 Å². The zero-order valence-corrected chi connectivity index (χ0v) is 7.86. The third-order valence-electron chi connectivity index (χ3n) is 1.80. The molecule has 0 unspecified atom stereocenters. The molecule has 5 heteroatoms. The van der Waals surface area contributed by atoms with Crippen LogP contribution in [0.3, 0.4) is 0 Å². The lowest BCUT2D eigenvalue weighted by atomic mass is 10.3. The highest BCUT2D eigenvalue weighted by atomic mass is 16.5. The molecule has 0 aliphatic rings. The molecule has 2 heterocycles. The number of aromatic nitrogens is 2. The average molecular weight is 193 g/mol. The molecular weight excluding hydrogens is 182 g/mol. The lowest BCUT2D eigenvalue weighted by Gasteiger charge is -1.97. The highest BCUT2D eigenvalue weighted by Gasteiger charge is 2.00. The summed E-state index contributed by atoms with van der Waals surface area (Å²) in [6, 6.07) is 1.90. The van der Waals surface area contributed by atoms with Gasteiger partial charge in [-0.05, 0) is 6.92 Å². The van der Waals surface area contributed by atoms with E-state index in [4.69, 9.17) is 9.05 Å². The summed E-state index contributed by atoms with van der Waals surface area (Å²) >= 11 is 0. The van der Waals surface area contributed by atoms with E-state index < -0.39 is 0 Å². The van der Waals surface area contributed by atoms with Gasteiger partial charge < -0.3 is 14.4 Å². The van der Waals surface area contributed by atoms with Gasteiger partial charge in [0.15, 0.2) is 0 Å². The van der Waals surface area contributed by atoms with Gasteiger partial charge in [-0.15, -0.1) is 0 Å². The van der Waals surface area contributed by atoms with Crippen molar-refractivity contribution in [3.63, 3.8) is 0 Å². The van der Waals surface area contributed by atoms with Crippen LogP contribution in [0.5, 0.6) is 0 Å². The summed E-state index contributed by atoms with van der Waals surface area (Å²) in [6.07, 6.45) is 3.29. The van der Waals surface area contributed by atoms with Crippen molar-refractivity contribution in [2.24, 2.45) is 0 Å². The lowest BCUT2D eigenvalue weighted by Crippen LogP contribution is -2.12. The van der Waals surface area contributed by atoms with Crippen molar-refractivity contribution in [1.29, 1.82) is 0 Å². The highest BCUT2D eigenvalue weighted by molar-refractivity contribution is 5.04. The molecule has 0 bridgehead atoms. The van der Waals surface area contributed by atoms with Crippen LogP contribution in [0.25, 0.3) is 0 Å². The molecule has 0 fully saturated rings. The Labute approximate surface area is 81.1 Å². The number of nitrogens with one attached hydrogen (secondary N) is 1. The molecule has 0 radical (unpaired) electrons. The van der Waals surface area contributed by atoms with Gasteiger partial charge in [-0.1, -0.05) is 10.3 Å². The first-order chi connectivity index (χ1) is 6.84. The Hall–Kier alpha value is -1.62. The van der Waals surface area contributed by atoms with E-state index in [1.54, 1.807) is 12.5 Å². The number of nitrogens with zero attached hydrogens (tertiary/aromatic N) is 2. The second-order valence-electron chi connectivity index (χ2n) is 3.07. The maximum absolute atomic E-state index is 4.93. The molecule has 0 aromatic carbocycles. The zero-order chi connectivity index (χ0) is 9.80. The molecule has 0 aliphatic heterocycles. The van der Waals surface area contributed by atoms with Crippen LogP contribution in [-0.4, -0.2) is 10.3 Å². The first-order valence-corrected chi connectivity index (χ1v) is 4.36. The molecule has 0 saturated heterocycles. The summed E-state index contributed by atoms with van der Waals surface area (Å²) in [7, 11) is 0. The van der Waals surface area contributed by atoms with Crippen LogP contribution in [-0.2, 0) is 13.1 Å². The number of hydrogen-bond acceptors (Lipinski definition) is 5. The second kappa shape index (κ2) is 4.06. The predicted octanol–water partition coefficient (Wildman–Crippen LogP) is 1.26. The Balaban J connectivity index is 1.78. The van der Waals surface area contributed by atoms with Crippen molar-refractivity contribution in [2.75, 3.05) is 0 Å². The largest absolute Gasteiger partial charge is 0.364 e. The minimum Gasteiger partial charge on any atom is -0.364 e. The number of hydrogen-bond donors (Lipinski definition) is 1. The van der Waals surface area contributed by atoms with E-state index in [1.165, 1.54) is 0 Å². The molecule has 0 aliphatic carbocycles. The summed E-state index contributed by atoms with van der Waals surface area (Å²) in [6.45, 7) is 3.27. The van der Waals surface area contributed by atoms with E-state index in [2.05, 4.69) is 15.6 Å². The fraction of sp³-hybridized carbons (Fsp3) is 0.333. The molecule has 0 spiro atoms. The van der Waals surface area contributed by atoms with Crippen LogP contribution in [0, 0.1) is 6.92 Å². The first-order valence-electron chi connectivity index (χ1n) is 4.36. The van der Waals surface area contributed by atoms with Crippen LogP contribution >= 0.6 is 0 Å². The van der Waals surface area contributed by atoms with Crippen molar-refractivity contribution >= 4 is 0 Å². The van der Waals surface area contributed by atoms with E-state index in [0.29, 0.717) is 6.54 Å². The molecule has 2 aromatic heterocycles. The van der Waals surface area contributed by atoms with Gasteiger partial charge in [-0.2, -0.15) is 0 Å². The molecule has 1 N–H and O–H groups in total. The molecule has 14 heavy (non-hydrogen) atoms. The third kappa shape index (κ3) is 2.20. The van der Waals surface area contributed by atoms with Gasteiger partial charge in [0, 0.05) is 24.7 Å². The minimum atomic E-state index is 0.683. The molecule has 0 saturated carbocycles. The first kappa shape index (κ1) is 8.96. The number of rotatable bonds is 4. The fourth-order valence-corrected chi connectivity index (χ4v) is 1.15. The molecule has 2 aromatic rings. The van der Waals surface area contributed by atoms with Crippen LogP contribution in [0.1, 0.15) is 17.0 Å². The lowest BCUT2D eigenvalue weighted by molar-refractivity contribution is 0.388. The molecule has 74 valence electrons. The summed E-state index contributed by atoms with van der Waals surface area (Å²) in [4.78, 5) is 0. The smallest absolute Gasteiger partial charge is 0.133 e. The van der Waals surface area contributed by atoms with Crippen molar-refractivity contribution in [3.8, 4) is 0 Å². The minimum absolute atomic E-state index is 0.683. The topological polar surface area (TPSA) is 64.1 Å². The Kier molecular flexibility index (Phi) is 2.60. The summed E-state index contributed by atoms with van der Waals surface area (Å²) in [5.74, 6) is 0.826. The summed E-state index contributed by atoms with van der Waals surface area (Å²) < 4.78 is 9.63. The molecule has 0 atom stereocenters. The predicted molar refractivity (Wildman–Crippen MR) is 48.3 cm³/mol. The van der Waals surface area contributed by atoms with Crippen LogP contribution in [0.15, 0.2) is 27.6 Å². The van der Waals surface area contributed by atoms with Gasteiger partial charge in [-0.25, -0.2) is 0 Å². The Morgan fingerprint density at radius 1 is 1.43 bits per heavy atom. The van der Waals surface area contributed by atoms with Crippen molar-refractivity contribution in [2.45, 2.75) is 20.0 Å². The van der Waals surface area contributed by atoms with E-state index >= 15 is 0 Å². The van der Waals surface area contributed by atoms with Crippen molar-refractivity contribution in [3.05, 3.63) is 35.5 Å². The van der Waals surface area contributed by atoms with Crippen molar-refractivity contribution in [1.82, 2.24) is 15.6 Å². The van der Waals surface area contributed by atoms with Crippen LogP contribution in [0.2, 0.25) is 0 Å². The Bertz CT molecular complexity index is 380. The maximum atomic E-state index is 4.93. The maximum Gasteiger partial charge on any atom is 0.133 e.